The van der Waals surface area contributed by atoms with Gasteiger partial charge in [-0.3, -0.25) is 9.59 Å². The standard InChI is InChI=1S/C48H90O10/c1-3-5-7-9-11-13-15-17-19-20-21-23-25-27-29-31-33-35-37-44(51)57-41(40-56-48-47(54)46(53)45(52)42(38-49)58-48)39-55-43(50)36-34-32-30-28-26-24-22-18-16-14-12-10-8-6-4-2/h30,32,41-42,45-49,52-54H,3-29,31,33-40H2,1-2H3/b32-30+/t41-,42-,45+,46?,47?,48-/m1/s1. The monoisotopic (exact) mass is 827 g/mol. The molecule has 6 atom stereocenters. The molecule has 1 rings (SSSR count). The van der Waals surface area contributed by atoms with Crippen molar-refractivity contribution in [3.63, 3.8) is 0 Å². The average molecular weight is 827 g/mol. The minimum Gasteiger partial charge on any atom is -0.462 e. The van der Waals surface area contributed by atoms with Gasteiger partial charge in [0.15, 0.2) is 12.4 Å². The maximum atomic E-state index is 12.8. The molecule has 0 aromatic rings. The molecule has 342 valence electrons. The number of ether oxygens (including phenoxy) is 4. The highest BCUT2D eigenvalue weighted by molar-refractivity contribution is 5.70. The topological polar surface area (TPSA) is 152 Å². The quantitative estimate of drug-likeness (QED) is 0.0266. The molecule has 1 heterocycles. The number of aliphatic hydroxyl groups excluding tert-OH is 4. The predicted octanol–water partition coefficient (Wildman–Crippen LogP) is 10.7. The Morgan fingerprint density at radius 3 is 1.41 bits per heavy atom. The van der Waals surface area contributed by atoms with E-state index >= 15 is 0 Å². The first-order valence-electron chi connectivity index (χ1n) is 24.3. The zero-order valence-corrected chi connectivity index (χ0v) is 37.3. The summed E-state index contributed by atoms with van der Waals surface area (Å²) in [6.45, 7) is 3.42. The average Bonchev–Trinajstić information content (AvgIpc) is 3.22. The normalized spacial score (nSPS) is 20.1. The van der Waals surface area contributed by atoms with Crippen LogP contribution in [0.2, 0.25) is 0 Å². The summed E-state index contributed by atoms with van der Waals surface area (Å²) in [6, 6.07) is 0. The highest BCUT2D eigenvalue weighted by Crippen LogP contribution is 2.23. The van der Waals surface area contributed by atoms with Gasteiger partial charge in [-0.1, -0.05) is 199 Å². The van der Waals surface area contributed by atoms with Crippen LogP contribution in [0.4, 0.5) is 0 Å². The second-order valence-corrected chi connectivity index (χ2v) is 16.9. The first-order valence-corrected chi connectivity index (χ1v) is 24.3. The van der Waals surface area contributed by atoms with E-state index in [0.29, 0.717) is 12.8 Å². The van der Waals surface area contributed by atoms with Crippen LogP contribution >= 0.6 is 0 Å². The van der Waals surface area contributed by atoms with E-state index in [-0.39, 0.29) is 26.1 Å². The first-order chi connectivity index (χ1) is 28.3. The lowest BCUT2D eigenvalue weighted by Crippen LogP contribution is -2.59. The lowest BCUT2D eigenvalue weighted by molar-refractivity contribution is -0.305. The molecule has 10 nitrogen and oxygen atoms in total. The van der Waals surface area contributed by atoms with Crippen LogP contribution in [0, 0.1) is 0 Å². The van der Waals surface area contributed by atoms with E-state index in [0.717, 1.165) is 32.1 Å². The van der Waals surface area contributed by atoms with Gasteiger partial charge in [0, 0.05) is 12.8 Å². The van der Waals surface area contributed by atoms with Gasteiger partial charge in [-0.15, -0.1) is 0 Å². The van der Waals surface area contributed by atoms with Crippen LogP contribution in [0.25, 0.3) is 0 Å². The fourth-order valence-corrected chi connectivity index (χ4v) is 7.56. The van der Waals surface area contributed by atoms with Crippen molar-refractivity contribution in [1.82, 2.24) is 0 Å². The zero-order chi connectivity index (χ0) is 42.3. The van der Waals surface area contributed by atoms with Crippen molar-refractivity contribution >= 4 is 11.9 Å². The van der Waals surface area contributed by atoms with Crippen molar-refractivity contribution in [2.75, 3.05) is 19.8 Å². The second kappa shape index (κ2) is 39.6. The zero-order valence-electron chi connectivity index (χ0n) is 37.3. The summed E-state index contributed by atoms with van der Waals surface area (Å²) in [5.74, 6) is -0.850. The van der Waals surface area contributed by atoms with Crippen LogP contribution < -0.4 is 0 Å². The smallest absolute Gasteiger partial charge is 0.306 e. The van der Waals surface area contributed by atoms with Crippen molar-refractivity contribution in [1.29, 1.82) is 0 Å². The van der Waals surface area contributed by atoms with Crippen molar-refractivity contribution < 1.29 is 49.0 Å². The third-order valence-corrected chi connectivity index (χ3v) is 11.4. The maximum absolute atomic E-state index is 12.8. The predicted molar refractivity (Wildman–Crippen MR) is 233 cm³/mol. The number of unbranched alkanes of at least 4 members (excludes halogenated alkanes) is 28. The molecule has 1 aliphatic heterocycles. The van der Waals surface area contributed by atoms with Gasteiger partial charge < -0.3 is 39.4 Å². The summed E-state index contributed by atoms with van der Waals surface area (Å²) in [6.07, 6.45) is 35.2. The molecule has 1 fully saturated rings. The van der Waals surface area contributed by atoms with Gasteiger partial charge in [-0.05, 0) is 25.7 Å². The Hall–Kier alpha value is -1.56. The fraction of sp³-hybridized carbons (Fsp3) is 0.917. The Labute approximate surface area is 354 Å². The molecule has 0 spiro atoms. The lowest BCUT2D eigenvalue weighted by Gasteiger charge is -2.39. The molecule has 0 aliphatic carbocycles. The number of hydrogen-bond acceptors (Lipinski definition) is 10. The van der Waals surface area contributed by atoms with Crippen LogP contribution in [0.1, 0.15) is 226 Å². The minimum atomic E-state index is -1.60. The number of aliphatic hydroxyl groups is 4. The van der Waals surface area contributed by atoms with E-state index in [1.165, 1.54) is 154 Å². The number of carbonyl (C=O) groups is 2. The summed E-state index contributed by atoms with van der Waals surface area (Å²) in [5.41, 5.74) is 0. The maximum Gasteiger partial charge on any atom is 0.306 e. The molecule has 0 radical (unpaired) electrons. The summed E-state index contributed by atoms with van der Waals surface area (Å²) in [4.78, 5) is 25.3. The van der Waals surface area contributed by atoms with E-state index in [1.54, 1.807) is 0 Å². The number of allylic oxidation sites excluding steroid dienone is 2. The number of esters is 2. The van der Waals surface area contributed by atoms with E-state index in [4.69, 9.17) is 18.9 Å². The number of rotatable bonds is 41. The SMILES string of the molecule is CCCCCCCCCCCCC/C=C/CCC(=O)OC[C@H](CO[C@@H]1O[C@H](CO)[C@H](O)C(O)C1O)OC(=O)CCCCCCCCCCCCCCCCCCCC. The van der Waals surface area contributed by atoms with Crippen LogP contribution in [0.15, 0.2) is 12.2 Å². The Balaban J connectivity index is 2.29. The fourth-order valence-electron chi connectivity index (χ4n) is 7.56. The van der Waals surface area contributed by atoms with E-state index in [2.05, 4.69) is 19.9 Å². The number of hydrogen-bond donors (Lipinski definition) is 4. The van der Waals surface area contributed by atoms with Crippen molar-refractivity contribution in [2.24, 2.45) is 0 Å². The van der Waals surface area contributed by atoms with Gasteiger partial charge >= 0.3 is 11.9 Å². The summed E-state index contributed by atoms with van der Waals surface area (Å²) < 4.78 is 22.2. The second-order valence-electron chi connectivity index (χ2n) is 16.9. The van der Waals surface area contributed by atoms with E-state index < -0.39 is 55.4 Å². The van der Waals surface area contributed by atoms with Crippen LogP contribution in [0.5, 0.6) is 0 Å². The molecule has 1 aliphatic rings. The lowest BCUT2D eigenvalue weighted by atomic mass is 9.99. The van der Waals surface area contributed by atoms with Gasteiger partial charge in [-0.25, -0.2) is 0 Å². The molecule has 1 saturated heterocycles. The highest BCUT2D eigenvalue weighted by atomic mass is 16.7. The van der Waals surface area contributed by atoms with Crippen molar-refractivity contribution in [2.45, 2.75) is 263 Å². The molecule has 4 N–H and O–H groups in total. The van der Waals surface area contributed by atoms with Gasteiger partial charge in [0.25, 0.3) is 0 Å². The van der Waals surface area contributed by atoms with Gasteiger partial charge in [0.1, 0.15) is 31.0 Å². The summed E-state index contributed by atoms with van der Waals surface area (Å²) in [7, 11) is 0. The molecule has 0 aromatic heterocycles. The molecule has 0 bridgehead atoms. The van der Waals surface area contributed by atoms with Gasteiger partial charge in [0.2, 0.25) is 0 Å². The third-order valence-electron chi connectivity index (χ3n) is 11.4. The minimum absolute atomic E-state index is 0.197. The highest BCUT2D eigenvalue weighted by Gasteiger charge is 2.44. The van der Waals surface area contributed by atoms with E-state index in [9.17, 15) is 30.0 Å². The van der Waals surface area contributed by atoms with Crippen LogP contribution in [-0.2, 0) is 28.5 Å². The molecule has 2 unspecified atom stereocenters. The van der Waals surface area contributed by atoms with Gasteiger partial charge in [0.05, 0.1) is 13.2 Å². The molecule has 0 amide bonds. The molecule has 0 saturated carbocycles. The Morgan fingerprint density at radius 1 is 0.517 bits per heavy atom. The molecule has 0 aromatic carbocycles. The summed E-state index contributed by atoms with van der Waals surface area (Å²) in [5, 5.41) is 40.1. The Kier molecular flexibility index (Phi) is 37.2. The Morgan fingerprint density at radius 2 is 0.948 bits per heavy atom. The first kappa shape index (κ1) is 54.5. The van der Waals surface area contributed by atoms with Crippen LogP contribution in [0.3, 0.4) is 0 Å². The van der Waals surface area contributed by atoms with E-state index in [1.807, 2.05) is 6.08 Å². The third kappa shape index (κ3) is 30.5. The van der Waals surface area contributed by atoms with Crippen molar-refractivity contribution in [3.05, 3.63) is 12.2 Å². The molecule has 58 heavy (non-hydrogen) atoms. The summed E-state index contributed by atoms with van der Waals surface area (Å²) >= 11 is 0. The van der Waals surface area contributed by atoms with Crippen molar-refractivity contribution in [3.8, 4) is 0 Å². The molecular formula is C48H90O10. The van der Waals surface area contributed by atoms with Gasteiger partial charge in [-0.2, -0.15) is 0 Å². The Bertz CT molecular complexity index is 959. The largest absolute Gasteiger partial charge is 0.462 e. The molecular weight excluding hydrogens is 737 g/mol. The molecule has 10 heteroatoms. The number of carbonyl (C=O) groups excluding carboxylic acids is 2. The van der Waals surface area contributed by atoms with Crippen LogP contribution in [-0.4, -0.2) is 89.0 Å².